The van der Waals surface area contributed by atoms with Crippen LogP contribution in [0.2, 0.25) is 0 Å². The zero-order valence-electron chi connectivity index (χ0n) is 13.9. The van der Waals surface area contributed by atoms with Crippen LogP contribution in [0.15, 0.2) is 30.6 Å². The summed E-state index contributed by atoms with van der Waals surface area (Å²) in [4.78, 5) is 18.3. The maximum atomic E-state index is 12.4. The molecule has 1 spiro atoms. The van der Waals surface area contributed by atoms with Crippen molar-refractivity contribution in [3.05, 3.63) is 47.5 Å². The molecule has 1 aromatic carbocycles. The lowest BCUT2D eigenvalue weighted by Crippen LogP contribution is -2.44. The highest BCUT2D eigenvalue weighted by Gasteiger charge is 2.46. The number of amides is 1. The summed E-state index contributed by atoms with van der Waals surface area (Å²) in [7, 11) is 0. The zero-order chi connectivity index (χ0) is 16.6. The van der Waals surface area contributed by atoms with Gasteiger partial charge >= 0.3 is 0 Å². The van der Waals surface area contributed by atoms with Crippen LogP contribution >= 0.6 is 0 Å². The molecule has 2 aromatic rings. The number of piperidine rings is 1. The molecule has 0 radical (unpaired) electrons. The molecule has 1 aliphatic heterocycles. The molecule has 1 atom stereocenters. The smallest absolute Gasteiger partial charge is 0.291 e. The van der Waals surface area contributed by atoms with E-state index in [1.165, 1.54) is 17.5 Å². The molecule has 1 unspecified atom stereocenters. The Balaban J connectivity index is 1.53. The van der Waals surface area contributed by atoms with E-state index in [0.29, 0.717) is 5.82 Å². The Morgan fingerprint density at radius 2 is 2.17 bits per heavy atom. The Morgan fingerprint density at radius 1 is 1.38 bits per heavy atom. The minimum absolute atomic E-state index is 0.0602. The first-order valence-corrected chi connectivity index (χ1v) is 8.59. The molecule has 2 aliphatic rings. The summed E-state index contributed by atoms with van der Waals surface area (Å²) in [6, 6.07) is 8.63. The average molecular weight is 326 g/mol. The lowest BCUT2D eigenvalue weighted by molar-refractivity contribution is 0.0378. The van der Waals surface area contributed by atoms with Gasteiger partial charge in [-0.25, -0.2) is 4.98 Å². The van der Waals surface area contributed by atoms with Gasteiger partial charge in [-0.15, -0.1) is 0 Å². The van der Waals surface area contributed by atoms with Crippen molar-refractivity contribution in [1.29, 1.82) is 0 Å². The lowest BCUT2D eigenvalue weighted by atomic mass is 9.73. The van der Waals surface area contributed by atoms with E-state index in [0.717, 1.165) is 39.0 Å². The second-order valence-corrected chi connectivity index (χ2v) is 6.64. The normalized spacial score (nSPS) is 21.9. The molecule has 24 heavy (non-hydrogen) atoms. The number of likely N-dealkylation sites (tertiary alicyclic amines) is 1. The molecule has 1 amide bonds. The summed E-state index contributed by atoms with van der Waals surface area (Å²) in [6.45, 7) is 4.26. The number of aromatic amines is 1. The molecule has 0 bridgehead atoms. The van der Waals surface area contributed by atoms with E-state index in [1.54, 1.807) is 0 Å². The van der Waals surface area contributed by atoms with Crippen LogP contribution in [-0.4, -0.2) is 45.7 Å². The van der Waals surface area contributed by atoms with Gasteiger partial charge in [0.15, 0.2) is 0 Å². The summed E-state index contributed by atoms with van der Waals surface area (Å²) in [6.07, 6.45) is 4.51. The Kier molecular flexibility index (Phi) is 3.84. The predicted octanol–water partition coefficient (Wildman–Crippen LogP) is 2.46. The van der Waals surface area contributed by atoms with Crippen LogP contribution in [0.3, 0.4) is 0 Å². The van der Waals surface area contributed by atoms with Crippen molar-refractivity contribution in [3.8, 4) is 0 Å². The second-order valence-electron chi connectivity index (χ2n) is 6.64. The highest BCUT2D eigenvalue weighted by Crippen LogP contribution is 2.51. The number of ether oxygens (including phenoxy) is 1. The van der Waals surface area contributed by atoms with Gasteiger partial charge in [0, 0.05) is 25.1 Å². The fraction of sp³-hybridized carbons (Fsp3) is 0.500. The summed E-state index contributed by atoms with van der Waals surface area (Å²) in [5.74, 6) is 0.264. The number of carbonyl (C=O) groups is 1. The number of H-pyrrole nitrogens is 1. The third-order valence-electron chi connectivity index (χ3n) is 5.45. The van der Waals surface area contributed by atoms with Crippen molar-refractivity contribution in [2.45, 2.75) is 37.7 Å². The minimum atomic E-state index is -0.0602. The molecule has 1 aliphatic carbocycles. The van der Waals surface area contributed by atoms with Crippen LogP contribution in [0.5, 0.6) is 0 Å². The van der Waals surface area contributed by atoms with Crippen LogP contribution in [0.25, 0.3) is 0 Å². The number of fused-ring (bicyclic) bond motifs is 2. The fourth-order valence-electron chi connectivity index (χ4n) is 4.26. The Hall–Kier alpha value is -2.21. The standard InChI is InChI=1S/C18H22N4O2/c1-2-24-15-11-18(14-6-4-3-5-13(14)15)7-9-22(10-8-18)17(23)16-19-12-20-21-16/h3-6,12,15H,2,7-11H2,1H3,(H,19,20,21). The van der Waals surface area contributed by atoms with Crippen LogP contribution in [0, 0.1) is 0 Å². The van der Waals surface area contributed by atoms with E-state index in [-0.39, 0.29) is 17.4 Å². The molecule has 0 saturated carbocycles. The molecule has 4 rings (SSSR count). The first kappa shape index (κ1) is 15.3. The quantitative estimate of drug-likeness (QED) is 0.940. The van der Waals surface area contributed by atoms with E-state index < -0.39 is 0 Å². The van der Waals surface area contributed by atoms with Gasteiger partial charge in [0.25, 0.3) is 5.91 Å². The molecule has 1 aromatic heterocycles. The van der Waals surface area contributed by atoms with Crippen molar-refractivity contribution < 1.29 is 9.53 Å². The van der Waals surface area contributed by atoms with Gasteiger partial charge in [-0.1, -0.05) is 24.3 Å². The van der Waals surface area contributed by atoms with Gasteiger partial charge in [-0.3, -0.25) is 9.89 Å². The summed E-state index contributed by atoms with van der Waals surface area (Å²) < 4.78 is 5.99. The van der Waals surface area contributed by atoms with E-state index in [4.69, 9.17) is 4.74 Å². The number of nitrogens with zero attached hydrogens (tertiary/aromatic N) is 3. The topological polar surface area (TPSA) is 71.1 Å². The zero-order valence-corrected chi connectivity index (χ0v) is 13.9. The largest absolute Gasteiger partial charge is 0.374 e. The lowest BCUT2D eigenvalue weighted by Gasteiger charge is -2.40. The third kappa shape index (κ3) is 2.41. The summed E-state index contributed by atoms with van der Waals surface area (Å²) in [5.41, 5.74) is 2.87. The minimum Gasteiger partial charge on any atom is -0.374 e. The van der Waals surface area contributed by atoms with Gasteiger partial charge in [0.1, 0.15) is 6.33 Å². The molecular weight excluding hydrogens is 304 g/mol. The van der Waals surface area contributed by atoms with Crippen molar-refractivity contribution in [3.63, 3.8) is 0 Å². The van der Waals surface area contributed by atoms with Gasteiger partial charge in [-0.2, -0.15) is 5.10 Å². The van der Waals surface area contributed by atoms with Gasteiger partial charge in [0.05, 0.1) is 6.10 Å². The SMILES string of the molecule is CCOC1CC2(CCN(C(=O)c3ncn[nH]3)CC2)c2ccccc21. The van der Waals surface area contributed by atoms with Gasteiger partial charge in [-0.05, 0) is 37.3 Å². The monoisotopic (exact) mass is 326 g/mol. The number of aromatic nitrogens is 3. The van der Waals surface area contributed by atoms with E-state index in [2.05, 4.69) is 39.4 Å². The van der Waals surface area contributed by atoms with Gasteiger partial charge < -0.3 is 9.64 Å². The van der Waals surface area contributed by atoms with Crippen molar-refractivity contribution >= 4 is 5.91 Å². The Labute approximate surface area is 141 Å². The molecule has 6 heteroatoms. The van der Waals surface area contributed by atoms with Crippen molar-refractivity contribution in [2.24, 2.45) is 0 Å². The molecule has 1 N–H and O–H groups in total. The molecule has 2 heterocycles. The average Bonchev–Trinajstić information content (AvgIpc) is 3.24. The number of hydrogen-bond donors (Lipinski definition) is 1. The van der Waals surface area contributed by atoms with Gasteiger partial charge in [0.2, 0.25) is 5.82 Å². The van der Waals surface area contributed by atoms with Crippen molar-refractivity contribution in [1.82, 2.24) is 20.1 Å². The number of nitrogens with one attached hydrogen (secondary N) is 1. The summed E-state index contributed by atoms with van der Waals surface area (Å²) in [5, 5.41) is 6.43. The Bertz CT molecular complexity index is 720. The number of hydrogen-bond acceptors (Lipinski definition) is 4. The highest BCUT2D eigenvalue weighted by atomic mass is 16.5. The van der Waals surface area contributed by atoms with E-state index in [9.17, 15) is 4.79 Å². The maximum Gasteiger partial charge on any atom is 0.291 e. The first-order valence-electron chi connectivity index (χ1n) is 8.59. The fourth-order valence-corrected chi connectivity index (χ4v) is 4.26. The number of carbonyl (C=O) groups excluding carboxylic acids is 1. The van der Waals surface area contributed by atoms with E-state index >= 15 is 0 Å². The van der Waals surface area contributed by atoms with Crippen LogP contribution in [0.1, 0.15) is 54.0 Å². The highest BCUT2D eigenvalue weighted by molar-refractivity contribution is 5.90. The molecule has 126 valence electrons. The molecule has 6 nitrogen and oxygen atoms in total. The Morgan fingerprint density at radius 3 is 2.88 bits per heavy atom. The maximum absolute atomic E-state index is 12.4. The number of rotatable bonds is 3. The third-order valence-corrected chi connectivity index (χ3v) is 5.45. The molecular formula is C18H22N4O2. The van der Waals surface area contributed by atoms with Crippen LogP contribution < -0.4 is 0 Å². The molecule has 1 fully saturated rings. The van der Waals surface area contributed by atoms with E-state index in [1.807, 2.05) is 11.8 Å². The number of benzene rings is 1. The van der Waals surface area contributed by atoms with Crippen molar-refractivity contribution in [2.75, 3.05) is 19.7 Å². The molecule has 1 saturated heterocycles. The predicted molar refractivity (Wildman–Crippen MR) is 88.6 cm³/mol. The van der Waals surface area contributed by atoms with Crippen LogP contribution in [0.4, 0.5) is 0 Å². The van der Waals surface area contributed by atoms with Crippen LogP contribution in [-0.2, 0) is 10.2 Å². The first-order chi connectivity index (χ1) is 11.7. The summed E-state index contributed by atoms with van der Waals surface area (Å²) >= 11 is 0. The second kappa shape index (κ2) is 6.02.